The molecule has 0 atom stereocenters. The number of methoxy groups -OCH3 is 1. The van der Waals surface area contributed by atoms with Gasteiger partial charge < -0.3 is 4.74 Å². The van der Waals surface area contributed by atoms with Gasteiger partial charge in [0.1, 0.15) is 0 Å². The largest absolute Gasteiger partial charge is 0.469 e. The number of fused-ring (bicyclic) bond motifs is 1. The number of benzene rings is 2. The number of thioether (sulfide) groups is 1. The molecule has 0 amide bonds. The summed E-state index contributed by atoms with van der Waals surface area (Å²) in [5, 5.41) is 2.42. The molecule has 0 saturated heterocycles. The van der Waals surface area contributed by atoms with E-state index < -0.39 is 0 Å². The van der Waals surface area contributed by atoms with Gasteiger partial charge in [-0.05, 0) is 35.6 Å². The van der Waals surface area contributed by atoms with E-state index in [1.54, 1.807) is 11.8 Å². The molecule has 3 heteroatoms. The predicted molar refractivity (Wildman–Crippen MR) is 76.2 cm³/mol. The van der Waals surface area contributed by atoms with E-state index in [4.69, 9.17) is 4.74 Å². The van der Waals surface area contributed by atoms with E-state index in [-0.39, 0.29) is 5.97 Å². The highest BCUT2D eigenvalue weighted by Crippen LogP contribution is 2.29. The molecule has 0 aliphatic carbocycles. The standard InChI is InChI=1S/C15H16O2S/c1-10-4-5-12-7-11(9-15(16)17-2)8-14(18-3)13(12)6-10/h4-8H,9H2,1-3H3. The maximum Gasteiger partial charge on any atom is 0.309 e. The molecule has 2 rings (SSSR count). The summed E-state index contributed by atoms with van der Waals surface area (Å²) in [7, 11) is 1.42. The molecule has 2 aromatic rings. The molecule has 0 heterocycles. The van der Waals surface area contributed by atoms with Crippen molar-refractivity contribution in [1.82, 2.24) is 0 Å². The molecule has 0 saturated carbocycles. The molecular formula is C15H16O2S. The van der Waals surface area contributed by atoms with Crippen LogP contribution in [0, 0.1) is 6.92 Å². The second-order valence-electron chi connectivity index (χ2n) is 4.28. The van der Waals surface area contributed by atoms with Crippen molar-refractivity contribution < 1.29 is 9.53 Å². The first-order valence-corrected chi connectivity index (χ1v) is 7.00. The molecule has 0 aliphatic heterocycles. The van der Waals surface area contributed by atoms with Crippen LogP contribution in [0.15, 0.2) is 35.2 Å². The van der Waals surface area contributed by atoms with Crippen molar-refractivity contribution in [2.24, 2.45) is 0 Å². The van der Waals surface area contributed by atoms with Crippen molar-refractivity contribution in [3.63, 3.8) is 0 Å². The molecule has 2 nitrogen and oxygen atoms in total. The second kappa shape index (κ2) is 5.44. The number of hydrogen-bond donors (Lipinski definition) is 0. The monoisotopic (exact) mass is 260 g/mol. The number of rotatable bonds is 3. The van der Waals surface area contributed by atoms with Crippen molar-refractivity contribution in [3.8, 4) is 0 Å². The summed E-state index contributed by atoms with van der Waals surface area (Å²) in [4.78, 5) is 12.5. The van der Waals surface area contributed by atoms with Crippen molar-refractivity contribution >= 4 is 28.5 Å². The smallest absolute Gasteiger partial charge is 0.309 e. The van der Waals surface area contributed by atoms with Crippen molar-refractivity contribution in [2.75, 3.05) is 13.4 Å². The Labute approximate surface area is 111 Å². The van der Waals surface area contributed by atoms with E-state index in [1.165, 1.54) is 28.3 Å². The zero-order chi connectivity index (χ0) is 13.1. The lowest BCUT2D eigenvalue weighted by atomic mass is 10.0. The van der Waals surface area contributed by atoms with E-state index >= 15 is 0 Å². The van der Waals surface area contributed by atoms with Gasteiger partial charge in [-0.1, -0.05) is 29.8 Å². The summed E-state index contributed by atoms with van der Waals surface area (Å²) in [6.07, 6.45) is 2.38. The molecule has 0 aromatic heterocycles. The van der Waals surface area contributed by atoms with Crippen LogP contribution in [0.4, 0.5) is 0 Å². The molecule has 0 N–H and O–H groups in total. The molecule has 0 radical (unpaired) electrons. The van der Waals surface area contributed by atoms with Crippen molar-refractivity contribution in [2.45, 2.75) is 18.2 Å². The minimum Gasteiger partial charge on any atom is -0.469 e. The number of hydrogen-bond acceptors (Lipinski definition) is 3. The van der Waals surface area contributed by atoms with Gasteiger partial charge in [0.25, 0.3) is 0 Å². The lowest BCUT2D eigenvalue weighted by molar-refractivity contribution is -0.139. The third-order valence-electron chi connectivity index (χ3n) is 2.93. The molecule has 94 valence electrons. The van der Waals surface area contributed by atoms with Gasteiger partial charge in [0.15, 0.2) is 0 Å². The zero-order valence-corrected chi connectivity index (χ0v) is 11.6. The SMILES string of the molecule is COC(=O)Cc1cc(SC)c2cc(C)ccc2c1. The fraction of sp³-hybridized carbons (Fsp3) is 0.267. The van der Waals surface area contributed by atoms with Crippen LogP contribution in [0.2, 0.25) is 0 Å². The van der Waals surface area contributed by atoms with E-state index in [0.29, 0.717) is 6.42 Å². The van der Waals surface area contributed by atoms with E-state index in [2.05, 4.69) is 43.5 Å². The topological polar surface area (TPSA) is 26.3 Å². The summed E-state index contributed by atoms with van der Waals surface area (Å²) in [6, 6.07) is 10.5. The fourth-order valence-corrected chi connectivity index (χ4v) is 2.67. The first kappa shape index (κ1) is 13.0. The summed E-state index contributed by atoms with van der Waals surface area (Å²) in [5.41, 5.74) is 2.25. The van der Waals surface area contributed by atoms with Crippen molar-refractivity contribution in [3.05, 3.63) is 41.5 Å². The lowest BCUT2D eigenvalue weighted by Gasteiger charge is -2.09. The van der Waals surface area contributed by atoms with Gasteiger partial charge in [-0.15, -0.1) is 11.8 Å². The first-order valence-electron chi connectivity index (χ1n) is 5.78. The van der Waals surface area contributed by atoms with E-state index in [9.17, 15) is 4.79 Å². The van der Waals surface area contributed by atoms with Gasteiger partial charge in [-0.2, -0.15) is 0 Å². The van der Waals surface area contributed by atoms with Gasteiger partial charge in [0.05, 0.1) is 13.5 Å². The van der Waals surface area contributed by atoms with Crippen LogP contribution in [0.5, 0.6) is 0 Å². The third-order valence-corrected chi connectivity index (χ3v) is 3.71. The Morgan fingerprint density at radius 2 is 2.06 bits per heavy atom. The highest BCUT2D eigenvalue weighted by atomic mass is 32.2. The van der Waals surface area contributed by atoms with Crippen LogP contribution in [-0.2, 0) is 16.0 Å². The summed E-state index contributed by atoms with van der Waals surface area (Å²) < 4.78 is 4.71. The predicted octanol–water partition coefficient (Wildman–Crippen LogP) is 3.59. The molecule has 0 bridgehead atoms. The molecule has 0 aliphatic rings. The van der Waals surface area contributed by atoms with Crippen LogP contribution >= 0.6 is 11.8 Å². The van der Waals surface area contributed by atoms with Crippen LogP contribution in [0.3, 0.4) is 0 Å². The minimum atomic E-state index is -0.200. The molecule has 0 fully saturated rings. The number of esters is 1. The Hall–Kier alpha value is -1.48. The number of carbonyl (C=O) groups excluding carboxylic acids is 1. The highest BCUT2D eigenvalue weighted by molar-refractivity contribution is 7.98. The third kappa shape index (κ3) is 2.67. The van der Waals surface area contributed by atoms with Crippen LogP contribution in [-0.4, -0.2) is 19.3 Å². The molecule has 0 unspecified atom stereocenters. The number of aryl methyl sites for hydroxylation is 1. The summed E-state index contributed by atoms with van der Waals surface area (Å²) >= 11 is 1.70. The average molecular weight is 260 g/mol. The highest BCUT2D eigenvalue weighted by Gasteiger charge is 2.07. The first-order chi connectivity index (χ1) is 8.63. The van der Waals surface area contributed by atoms with Crippen LogP contribution in [0.1, 0.15) is 11.1 Å². The second-order valence-corrected chi connectivity index (χ2v) is 5.12. The molecule has 18 heavy (non-hydrogen) atoms. The summed E-state index contributed by atoms with van der Waals surface area (Å²) in [6.45, 7) is 2.09. The van der Waals surface area contributed by atoms with E-state index in [0.717, 1.165) is 5.56 Å². The normalized spacial score (nSPS) is 10.6. The molecular weight excluding hydrogens is 244 g/mol. The average Bonchev–Trinajstić information content (AvgIpc) is 2.38. The molecule has 0 spiro atoms. The van der Waals surface area contributed by atoms with Crippen LogP contribution < -0.4 is 0 Å². The van der Waals surface area contributed by atoms with Gasteiger partial charge in [-0.25, -0.2) is 0 Å². The maximum atomic E-state index is 11.3. The fourth-order valence-electron chi connectivity index (χ4n) is 2.01. The Morgan fingerprint density at radius 1 is 1.28 bits per heavy atom. The summed E-state index contributed by atoms with van der Waals surface area (Å²) in [5.74, 6) is -0.200. The number of ether oxygens (including phenoxy) is 1. The van der Waals surface area contributed by atoms with Gasteiger partial charge in [-0.3, -0.25) is 4.79 Å². The van der Waals surface area contributed by atoms with Gasteiger partial charge in [0.2, 0.25) is 0 Å². The van der Waals surface area contributed by atoms with E-state index in [1.807, 2.05) is 0 Å². The Morgan fingerprint density at radius 3 is 2.72 bits per heavy atom. The Balaban J connectivity index is 2.52. The quantitative estimate of drug-likeness (QED) is 0.623. The molecule has 2 aromatic carbocycles. The van der Waals surface area contributed by atoms with Gasteiger partial charge >= 0.3 is 5.97 Å². The van der Waals surface area contributed by atoms with Crippen molar-refractivity contribution in [1.29, 1.82) is 0 Å². The van der Waals surface area contributed by atoms with Gasteiger partial charge in [0, 0.05) is 4.90 Å². The Kier molecular flexibility index (Phi) is 3.92. The minimum absolute atomic E-state index is 0.200. The lowest BCUT2D eigenvalue weighted by Crippen LogP contribution is -2.04. The Bertz CT molecular complexity index is 590. The number of carbonyl (C=O) groups is 1. The van der Waals surface area contributed by atoms with Crippen LogP contribution in [0.25, 0.3) is 10.8 Å². The maximum absolute atomic E-state index is 11.3. The zero-order valence-electron chi connectivity index (χ0n) is 10.8.